The third-order valence-corrected chi connectivity index (χ3v) is 3.01. The Labute approximate surface area is 105 Å². The second-order valence-electron chi connectivity index (χ2n) is 6.67. The summed E-state index contributed by atoms with van der Waals surface area (Å²) in [6.07, 6.45) is 0. The average molecular weight is 235 g/mol. The lowest BCUT2D eigenvalue weighted by Crippen LogP contribution is -2.17. The Bertz CT molecular complexity index is 373. The van der Waals surface area contributed by atoms with Crippen LogP contribution in [0.2, 0.25) is 0 Å². The van der Waals surface area contributed by atoms with E-state index in [0.29, 0.717) is 5.75 Å². The van der Waals surface area contributed by atoms with Crippen LogP contribution in [0.5, 0.6) is 5.75 Å². The Hall–Kier alpha value is -1.18. The van der Waals surface area contributed by atoms with E-state index in [-0.39, 0.29) is 10.8 Å². The molecule has 0 aliphatic rings. The van der Waals surface area contributed by atoms with Gasteiger partial charge in [-0.1, -0.05) is 41.5 Å². The van der Waals surface area contributed by atoms with Crippen LogP contribution in [-0.4, -0.2) is 12.2 Å². The van der Waals surface area contributed by atoms with E-state index >= 15 is 0 Å². The molecule has 2 nitrogen and oxygen atoms in total. The van der Waals surface area contributed by atoms with Crippen molar-refractivity contribution < 1.29 is 5.11 Å². The minimum absolute atomic E-state index is 0.0586. The lowest BCUT2D eigenvalue weighted by atomic mass is 9.79. The van der Waals surface area contributed by atoms with Gasteiger partial charge in [-0.25, -0.2) is 0 Å². The Kier molecular flexibility index (Phi) is 3.47. The number of hydrogen-bond acceptors (Lipinski definition) is 2. The minimum Gasteiger partial charge on any atom is -0.507 e. The Balaban J connectivity index is 3.53. The van der Waals surface area contributed by atoms with Crippen LogP contribution in [0, 0.1) is 0 Å². The molecule has 1 aromatic carbocycles. The summed E-state index contributed by atoms with van der Waals surface area (Å²) in [6, 6.07) is 4.06. The van der Waals surface area contributed by atoms with Gasteiger partial charge >= 0.3 is 0 Å². The molecule has 0 fully saturated rings. The predicted octanol–water partition coefficient (Wildman–Crippen LogP) is 4.03. The molecule has 0 radical (unpaired) electrons. The number of anilines is 1. The van der Waals surface area contributed by atoms with E-state index in [2.05, 4.69) is 46.9 Å². The highest BCUT2D eigenvalue weighted by Gasteiger charge is 2.26. The van der Waals surface area contributed by atoms with E-state index in [1.807, 2.05) is 19.2 Å². The van der Waals surface area contributed by atoms with Gasteiger partial charge in [0.05, 0.1) is 0 Å². The van der Waals surface area contributed by atoms with E-state index in [9.17, 15) is 5.11 Å². The van der Waals surface area contributed by atoms with Gasteiger partial charge in [-0.2, -0.15) is 0 Å². The van der Waals surface area contributed by atoms with Crippen LogP contribution in [0.4, 0.5) is 5.69 Å². The molecular weight excluding hydrogens is 210 g/mol. The van der Waals surface area contributed by atoms with Crippen molar-refractivity contribution in [3.8, 4) is 5.75 Å². The van der Waals surface area contributed by atoms with Crippen molar-refractivity contribution in [1.29, 1.82) is 0 Å². The maximum absolute atomic E-state index is 10.5. The number of hydrogen-bond donors (Lipinski definition) is 2. The van der Waals surface area contributed by atoms with Crippen molar-refractivity contribution in [2.75, 3.05) is 12.4 Å². The maximum atomic E-state index is 10.5. The first kappa shape index (κ1) is 13.9. The fraction of sp³-hybridized carbons (Fsp3) is 0.600. The zero-order chi connectivity index (χ0) is 13.4. The van der Waals surface area contributed by atoms with Crippen molar-refractivity contribution in [2.24, 2.45) is 0 Å². The van der Waals surface area contributed by atoms with Gasteiger partial charge in [-0.15, -0.1) is 0 Å². The summed E-state index contributed by atoms with van der Waals surface area (Å²) in [5.74, 6) is 0.434. The summed E-state index contributed by atoms with van der Waals surface area (Å²) in [5.41, 5.74) is 2.93. The lowest BCUT2D eigenvalue weighted by Gasteiger charge is -2.28. The van der Waals surface area contributed by atoms with E-state index < -0.39 is 0 Å². The molecule has 0 saturated heterocycles. The molecule has 2 heteroatoms. The highest BCUT2D eigenvalue weighted by atomic mass is 16.3. The van der Waals surface area contributed by atoms with Crippen LogP contribution < -0.4 is 5.32 Å². The molecule has 0 aliphatic carbocycles. The molecule has 1 aromatic rings. The molecule has 2 N–H and O–H groups in total. The van der Waals surface area contributed by atoms with Gasteiger partial charge in [0.15, 0.2) is 0 Å². The topological polar surface area (TPSA) is 32.3 Å². The first-order valence-corrected chi connectivity index (χ1v) is 6.13. The molecule has 0 heterocycles. The van der Waals surface area contributed by atoms with Gasteiger partial charge in [0, 0.05) is 23.9 Å². The third kappa shape index (κ3) is 2.93. The van der Waals surface area contributed by atoms with Crippen LogP contribution in [0.1, 0.15) is 52.7 Å². The van der Waals surface area contributed by atoms with Crippen LogP contribution in [0.25, 0.3) is 0 Å². The van der Waals surface area contributed by atoms with Gasteiger partial charge in [0.1, 0.15) is 5.75 Å². The van der Waals surface area contributed by atoms with Crippen molar-refractivity contribution >= 4 is 5.69 Å². The van der Waals surface area contributed by atoms with E-state index in [1.165, 1.54) is 0 Å². The van der Waals surface area contributed by atoms with Crippen LogP contribution >= 0.6 is 0 Å². The zero-order valence-corrected chi connectivity index (χ0v) is 12.1. The quantitative estimate of drug-likeness (QED) is 0.720. The number of rotatable bonds is 1. The summed E-state index contributed by atoms with van der Waals surface area (Å²) in [7, 11) is 1.91. The van der Waals surface area contributed by atoms with Crippen LogP contribution in [0.15, 0.2) is 12.1 Å². The van der Waals surface area contributed by atoms with Crippen molar-refractivity contribution in [3.63, 3.8) is 0 Å². The predicted molar refractivity (Wildman–Crippen MR) is 75.1 cm³/mol. The molecule has 0 aliphatic heterocycles. The standard InChI is InChI=1S/C15H25NO/c1-14(2,3)11-8-10(16-7)9-12(13(11)17)15(4,5)6/h8-9,16-17H,1-7H3. The normalized spacial score (nSPS) is 12.6. The van der Waals surface area contributed by atoms with Crippen molar-refractivity contribution in [2.45, 2.75) is 52.4 Å². The van der Waals surface area contributed by atoms with Crippen molar-refractivity contribution in [3.05, 3.63) is 23.3 Å². The van der Waals surface area contributed by atoms with E-state index in [0.717, 1.165) is 16.8 Å². The smallest absolute Gasteiger partial charge is 0.123 e. The fourth-order valence-electron chi connectivity index (χ4n) is 1.92. The molecule has 0 saturated carbocycles. The van der Waals surface area contributed by atoms with E-state index in [1.54, 1.807) is 0 Å². The lowest BCUT2D eigenvalue weighted by molar-refractivity contribution is 0.423. The van der Waals surface area contributed by atoms with Crippen LogP contribution in [-0.2, 0) is 10.8 Å². The molecule has 0 bridgehead atoms. The first-order valence-electron chi connectivity index (χ1n) is 6.13. The fourth-order valence-corrected chi connectivity index (χ4v) is 1.92. The largest absolute Gasteiger partial charge is 0.507 e. The minimum atomic E-state index is -0.0586. The number of benzene rings is 1. The summed E-state index contributed by atoms with van der Waals surface area (Å²) in [4.78, 5) is 0. The molecule has 0 spiro atoms. The summed E-state index contributed by atoms with van der Waals surface area (Å²) in [5, 5.41) is 13.6. The molecular formula is C15H25NO. The van der Waals surface area contributed by atoms with Gasteiger partial charge < -0.3 is 10.4 Å². The molecule has 0 atom stereocenters. The molecule has 0 aromatic heterocycles. The molecule has 17 heavy (non-hydrogen) atoms. The van der Waals surface area contributed by atoms with Crippen LogP contribution in [0.3, 0.4) is 0 Å². The van der Waals surface area contributed by atoms with Gasteiger partial charge in [-0.05, 0) is 23.0 Å². The molecule has 1 rings (SSSR count). The number of phenolic OH excluding ortho intramolecular Hbond substituents is 1. The Morgan fingerprint density at radius 1 is 0.882 bits per heavy atom. The number of aromatic hydroxyl groups is 1. The summed E-state index contributed by atoms with van der Waals surface area (Å²) >= 11 is 0. The summed E-state index contributed by atoms with van der Waals surface area (Å²) in [6.45, 7) is 12.7. The third-order valence-electron chi connectivity index (χ3n) is 3.01. The van der Waals surface area contributed by atoms with Gasteiger partial charge in [-0.3, -0.25) is 0 Å². The Morgan fingerprint density at radius 2 is 1.24 bits per heavy atom. The van der Waals surface area contributed by atoms with Gasteiger partial charge in [0.25, 0.3) is 0 Å². The molecule has 96 valence electrons. The number of phenols is 1. The van der Waals surface area contributed by atoms with Crippen molar-refractivity contribution in [1.82, 2.24) is 0 Å². The first-order chi connectivity index (χ1) is 7.57. The highest BCUT2D eigenvalue weighted by Crippen LogP contribution is 2.40. The van der Waals surface area contributed by atoms with E-state index in [4.69, 9.17) is 0 Å². The SMILES string of the molecule is CNc1cc(C(C)(C)C)c(O)c(C(C)(C)C)c1. The number of nitrogens with one attached hydrogen (secondary N) is 1. The second kappa shape index (κ2) is 4.25. The zero-order valence-electron chi connectivity index (χ0n) is 12.1. The maximum Gasteiger partial charge on any atom is 0.123 e. The van der Waals surface area contributed by atoms with Gasteiger partial charge in [0.2, 0.25) is 0 Å². The Morgan fingerprint density at radius 3 is 1.47 bits per heavy atom. The molecule has 0 unspecified atom stereocenters. The monoisotopic (exact) mass is 235 g/mol. The highest BCUT2D eigenvalue weighted by molar-refractivity contribution is 5.58. The summed E-state index contributed by atoms with van der Waals surface area (Å²) < 4.78 is 0. The average Bonchev–Trinajstić information content (AvgIpc) is 2.14. The molecule has 0 amide bonds. The second-order valence-corrected chi connectivity index (χ2v) is 6.67.